The van der Waals surface area contributed by atoms with Crippen molar-refractivity contribution >= 4 is 19.3 Å². The lowest BCUT2D eigenvalue weighted by Crippen LogP contribution is -2.10. The van der Waals surface area contributed by atoms with Crippen LogP contribution in [0.1, 0.15) is 12.5 Å². The number of rotatable bonds is 3. The van der Waals surface area contributed by atoms with Crippen molar-refractivity contribution in [2.45, 2.75) is 13.3 Å². The number of aromatic hydroxyl groups is 1. The zero-order chi connectivity index (χ0) is 10.6. The van der Waals surface area contributed by atoms with Crippen LogP contribution in [0.3, 0.4) is 0 Å². The monoisotopic (exact) mass is 192 g/mol. The van der Waals surface area contributed by atoms with Crippen molar-refractivity contribution in [3.63, 3.8) is 0 Å². The van der Waals surface area contributed by atoms with E-state index in [2.05, 4.69) is 0 Å². The number of carbonyl (C=O) groups is 1. The normalized spacial score (nSPS) is 9.79. The Labute approximate surface area is 84.1 Å². The van der Waals surface area contributed by atoms with Crippen molar-refractivity contribution in [3.05, 3.63) is 23.8 Å². The molecule has 74 valence electrons. The van der Waals surface area contributed by atoms with Crippen LogP contribution in [-0.2, 0) is 16.0 Å². The molecule has 1 aromatic carbocycles. The smallest absolute Gasteiger partial charge is 0.310 e. The zero-order valence-electron chi connectivity index (χ0n) is 8.41. The first-order valence-corrected chi connectivity index (χ1v) is 4.57. The number of esters is 1. The van der Waals surface area contributed by atoms with Gasteiger partial charge in [0.1, 0.15) is 13.6 Å². The molecule has 0 aromatic heterocycles. The Bertz CT molecular complexity index is 336. The highest BCUT2D eigenvalue weighted by Gasteiger charge is 2.04. The summed E-state index contributed by atoms with van der Waals surface area (Å²) in [6.45, 7) is 2.18. The fraction of sp³-hybridized carbons (Fsp3) is 0.300. The van der Waals surface area contributed by atoms with Crippen LogP contribution in [0.15, 0.2) is 18.2 Å². The van der Waals surface area contributed by atoms with E-state index >= 15 is 0 Å². The molecule has 1 N–H and O–H groups in total. The molecule has 0 aliphatic carbocycles. The lowest BCUT2D eigenvalue weighted by atomic mass is 9.92. The van der Waals surface area contributed by atoms with Crippen molar-refractivity contribution < 1.29 is 14.6 Å². The number of phenolic OH excluding ortho intramolecular Hbond substituents is 1. The zero-order valence-corrected chi connectivity index (χ0v) is 8.41. The van der Waals surface area contributed by atoms with Crippen molar-refractivity contribution in [2.75, 3.05) is 6.61 Å². The van der Waals surface area contributed by atoms with Crippen LogP contribution in [0.2, 0.25) is 0 Å². The van der Waals surface area contributed by atoms with Crippen molar-refractivity contribution in [2.24, 2.45) is 0 Å². The topological polar surface area (TPSA) is 46.5 Å². The van der Waals surface area contributed by atoms with Crippen LogP contribution in [0.25, 0.3) is 0 Å². The largest absolute Gasteiger partial charge is 0.509 e. The second kappa shape index (κ2) is 4.70. The van der Waals surface area contributed by atoms with Crippen molar-refractivity contribution in [1.82, 2.24) is 0 Å². The Morgan fingerprint density at radius 3 is 2.86 bits per heavy atom. The third-order valence-electron chi connectivity index (χ3n) is 1.91. The molecule has 0 bridgehead atoms. The highest BCUT2D eigenvalue weighted by atomic mass is 16.5. The summed E-state index contributed by atoms with van der Waals surface area (Å²) in [6.07, 6.45) is 0.259. The first-order chi connectivity index (χ1) is 6.63. The standard InChI is InChI=1S/C10H13BO3/c1-2-14-10(13)6-7-3-4-9(12)8(11)5-7/h3-5,12H,2,6,11H2,1H3. The number of hydrogen-bond donors (Lipinski definition) is 1. The summed E-state index contributed by atoms with van der Waals surface area (Å²) < 4.78 is 4.81. The molecule has 0 unspecified atom stereocenters. The first-order valence-electron chi connectivity index (χ1n) is 4.57. The number of carbonyl (C=O) groups excluding carboxylic acids is 1. The summed E-state index contributed by atoms with van der Waals surface area (Å²) in [5.41, 5.74) is 1.63. The van der Waals surface area contributed by atoms with E-state index in [1.807, 2.05) is 0 Å². The Kier molecular flexibility index (Phi) is 3.57. The number of ether oxygens (including phenoxy) is 1. The molecule has 0 saturated heterocycles. The second-order valence-electron chi connectivity index (χ2n) is 3.10. The van der Waals surface area contributed by atoms with Crippen molar-refractivity contribution in [3.8, 4) is 5.75 Å². The molecule has 0 fully saturated rings. The lowest BCUT2D eigenvalue weighted by molar-refractivity contribution is -0.142. The lowest BCUT2D eigenvalue weighted by Gasteiger charge is -2.04. The molecule has 3 nitrogen and oxygen atoms in total. The Morgan fingerprint density at radius 1 is 1.57 bits per heavy atom. The molecule has 1 rings (SSSR count). The fourth-order valence-corrected chi connectivity index (χ4v) is 1.21. The van der Waals surface area contributed by atoms with Gasteiger partial charge in [-0.2, -0.15) is 0 Å². The van der Waals surface area contributed by atoms with Crippen molar-refractivity contribution in [1.29, 1.82) is 0 Å². The average molecular weight is 192 g/mol. The molecule has 0 saturated carbocycles. The Balaban J connectivity index is 2.68. The van der Waals surface area contributed by atoms with Gasteiger partial charge in [-0.3, -0.25) is 4.79 Å². The molecule has 0 aliphatic rings. The molecule has 0 spiro atoms. The van der Waals surface area contributed by atoms with E-state index in [4.69, 9.17) is 4.74 Å². The predicted molar refractivity (Wildman–Crippen MR) is 56.6 cm³/mol. The summed E-state index contributed by atoms with van der Waals surface area (Å²) in [5, 5.41) is 9.27. The molecule has 0 radical (unpaired) electrons. The fourth-order valence-electron chi connectivity index (χ4n) is 1.21. The molecule has 14 heavy (non-hydrogen) atoms. The van der Waals surface area contributed by atoms with E-state index in [1.165, 1.54) is 0 Å². The third kappa shape index (κ3) is 2.80. The van der Waals surface area contributed by atoms with E-state index in [1.54, 1.807) is 33.0 Å². The van der Waals surface area contributed by atoms with Gasteiger partial charge in [-0.1, -0.05) is 12.1 Å². The average Bonchev–Trinajstić information content (AvgIpc) is 2.12. The highest BCUT2D eigenvalue weighted by Crippen LogP contribution is 2.07. The highest BCUT2D eigenvalue weighted by molar-refractivity contribution is 6.34. The number of hydrogen-bond acceptors (Lipinski definition) is 3. The summed E-state index contributed by atoms with van der Waals surface area (Å²) in [7, 11) is 1.80. The maximum Gasteiger partial charge on any atom is 0.310 e. The van der Waals surface area contributed by atoms with Gasteiger partial charge in [0.05, 0.1) is 13.0 Å². The van der Waals surface area contributed by atoms with Crippen LogP contribution < -0.4 is 5.46 Å². The van der Waals surface area contributed by atoms with E-state index in [9.17, 15) is 9.90 Å². The predicted octanol–water partition coefficient (Wildman–Crippen LogP) is -0.244. The second-order valence-corrected chi connectivity index (χ2v) is 3.10. The van der Waals surface area contributed by atoms with E-state index < -0.39 is 0 Å². The summed E-state index contributed by atoms with van der Waals surface area (Å²) in [4.78, 5) is 11.1. The molecule has 1 aromatic rings. The van der Waals surface area contributed by atoms with Crippen LogP contribution in [0, 0.1) is 0 Å². The molecular formula is C10H13BO3. The Hall–Kier alpha value is -1.45. The van der Waals surface area contributed by atoms with Gasteiger partial charge in [0.15, 0.2) is 0 Å². The van der Waals surface area contributed by atoms with Gasteiger partial charge in [0.25, 0.3) is 0 Å². The SMILES string of the molecule is Bc1cc(CC(=O)OCC)ccc1O. The Morgan fingerprint density at radius 2 is 2.29 bits per heavy atom. The molecule has 0 atom stereocenters. The molecule has 0 amide bonds. The van der Waals surface area contributed by atoms with Crippen LogP contribution >= 0.6 is 0 Å². The maximum atomic E-state index is 11.1. The minimum atomic E-state index is -0.238. The summed E-state index contributed by atoms with van der Waals surface area (Å²) in [5.74, 6) is 0.00944. The summed E-state index contributed by atoms with van der Waals surface area (Å²) >= 11 is 0. The summed E-state index contributed by atoms with van der Waals surface area (Å²) in [6, 6.07) is 5.09. The number of benzene rings is 1. The van der Waals surface area contributed by atoms with Crippen LogP contribution in [0.4, 0.5) is 0 Å². The van der Waals surface area contributed by atoms with Gasteiger partial charge in [0.2, 0.25) is 0 Å². The van der Waals surface area contributed by atoms with Crippen LogP contribution in [0.5, 0.6) is 5.75 Å². The van der Waals surface area contributed by atoms with Gasteiger partial charge in [0, 0.05) is 0 Å². The van der Waals surface area contributed by atoms with Gasteiger partial charge >= 0.3 is 5.97 Å². The minimum Gasteiger partial charge on any atom is -0.509 e. The van der Waals surface area contributed by atoms with E-state index in [-0.39, 0.29) is 18.1 Å². The van der Waals surface area contributed by atoms with Crippen LogP contribution in [-0.4, -0.2) is 25.5 Å². The van der Waals surface area contributed by atoms with Gasteiger partial charge in [-0.25, -0.2) is 0 Å². The molecule has 0 aliphatic heterocycles. The number of phenols is 1. The minimum absolute atomic E-state index is 0.238. The van der Waals surface area contributed by atoms with Gasteiger partial charge in [-0.15, -0.1) is 0 Å². The van der Waals surface area contributed by atoms with Gasteiger partial charge in [-0.05, 0) is 24.0 Å². The quantitative estimate of drug-likeness (QED) is 0.530. The first kappa shape index (κ1) is 10.6. The molecule has 4 heteroatoms. The van der Waals surface area contributed by atoms with Gasteiger partial charge < -0.3 is 9.84 Å². The molecular weight excluding hydrogens is 179 g/mol. The van der Waals surface area contributed by atoms with E-state index in [0.717, 1.165) is 11.0 Å². The third-order valence-corrected chi connectivity index (χ3v) is 1.91. The van der Waals surface area contributed by atoms with E-state index in [0.29, 0.717) is 6.61 Å². The molecule has 0 heterocycles. The maximum absolute atomic E-state index is 11.1.